The number of amides is 2. The molecule has 2 fully saturated rings. The molecule has 0 bridgehead atoms. The van der Waals surface area contributed by atoms with E-state index >= 15 is 0 Å². The Labute approximate surface area is 136 Å². The van der Waals surface area contributed by atoms with E-state index in [4.69, 9.17) is 4.74 Å². The Bertz CT molecular complexity index is 454. The highest BCUT2D eigenvalue weighted by atomic mass is 32.1. The quantitative estimate of drug-likeness (QED) is 0.845. The lowest BCUT2D eigenvalue weighted by molar-refractivity contribution is 0.111. The molecule has 2 amide bonds. The van der Waals surface area contributed by atoms with E-state index < -0.39 is 0 Å². The molecule has 0 aliphatic carbocycles. The van der Waals surface area contributed by atoms with Gasteiger partial charge in [-0.05, 0) is 50.2 Å². The van der Waals surface area contributed by atoms with Crippen LogP contribution in [0.15, 0.2) is 17.5 Å². The molecular formula is C16H25N3O2S. The van der Waals surface area contributed by atoms with Crippen molar-refractivity contribution in [2.45, 2.75) is 37.8 Å². The van der Waals surface area contributed by atoms with Crippen LogP contribution in [0.5, 0.6) is 0 Å². The zero-order valence-corrected chi connectivity index (χ0v) is 13.7. The van der Waals surface area contributed by atoms with Gasteiger partial charge in [-0.3, -0.25) is 4.90 Å². The Morgan fingerprint density at radius 2 is 2.23 bits per heavy atom. The molecular weight excluding hydrogens is 298 g/mol. The first-order valence-electron chi connectivity index (χ1n) is 8.23. The first-order chi connectivity index (χ1) is 10.8. The maximum absolute atomic E-state index is 12.0. The summed E-state index contributed by atoms with van der Waals surface area (Å²) < 4.78 is 5.52. The summed E-state index contributed by atoms with van der Waals surface area (Å²) in [5.41, 5.74) is 0. The summed E-state index contributed by atoms with van der Waals surface area (Å²) in [5, 5.41) is 8.06. The molecule has 0 radical (unpaired) electrons. The van der Waals surface area contributed by atoms with Crippen molar-refractivity contribution in [3.8, 4) is 0 Å². The van der Waals surface area contributed by atoms with Crippen molar-refractivity contribution in [3.05, 3.63) is 22.4 Å². The second kappa shape index (κ2) is 7.94. The van der Waals surface area contributed by atoms with Crippen LogP contribution >= 0.6 is 11.3 Å². The fourth-order valence-corrected chi connectivity index (χ4v) is 4.07. The molecule has 1 aromatic heterocycles. The lowest BCUT2D eigenvalue weighted by Crippen LogP contribution is -2.43. The Balaban J connectivity index is 1.47. The summed E-state index contributed by atoms with van der Waals surface area (Å²) in [6, 6.07) is 4.47. The minimum Gasteiger partial charge on any atom is -0.376 e. The van der Waals surface area contributed by atoms with E-state index in [1.165, 1.54) is 17.7 Å². The van der Waals surface area contributed by atoms with Gasteiger partial charge in [0.25, 0.3) is 0 Å². The van der Waals surface area contributed by atoms with Gasteiger partial charge in [0.15, 0.2) is 0 Å². The smallest absolute Gasteiger partial charge is 0.314 e. The van der Waals surface area contributed by atoms with Crippen LogP contribution in [-0.4, -0.2) is 49.8 Å². The predicted octanol–water partition coefficient (Wildman–Crippen LogP) is 2.36. The summed E-state index contributed by atoms with van der Waals surface area (Å²) in [6.07, 6.45) is 4.85. The number of carbonyl (C=O) groups excluding carboxylic acids is 1. The van der Waals surface area contributed by atoms with Gasteiger partial charge >= 0.3 is 6.03 Å². The molecule has 22 heavy (non-hydrogen) atoms. The van der Waals surface area contributed by atoms with Crippen LogP contribution in [0.4, 0.5) is 4.79 Å². The average Bonchev–Trinajstić information content (AvgIpc) is 3.27. The number of thiophene rings is 1. The fourth-order valence-electron chi connectivity index (χ4n) is 3.21. The topological polar surface area (TPSA) is 53.6 Å². The van der Waals surface area contributed by atoms with Gasteiger partial charge in [0.1, 0.15) is 0 Å². The molecule has 0 saturated carbocycles. The van der Waals surface area contributed by atoms with Gasteiger partial charge in [0, 0.05) is 24.6 Å². The summed E-state index contributed by atoms with van der Waals surface area (Å²) in [7, 11) is 0. The number of nitrogens with one attached hydrogen (secondary N) is 2. The standard InChI is InChI=1S/C16H25N3O2S/c20-16(17-11-13-5-3-9-21-13)18-12-14(15-6-4-10-22-15)19-7-1-2-8-19/h4,6,10,13-14H,1-3,5,7-9,11-12H2,(H2,17,18,20)/t13-,14+/m0/s1. The molecule has 2 N–H and O–H groups in total. The highest BCUT2D eigenvalue weighted by Crippen LogP contribution is 2.27. The predicted molar refractivity (Wildman–Crippen MR) is 88.2 cm³/mol. The van der Waals surface area contributed by atoms with E-state index in [9.17, 15) is 4.79 Å². The second-order valence-corrected chi connectivity index (χ2v) is 6.98. The third-order valence-corrected chi connectivity index (χ3v) is 5.40. The molecule has 122 valence electrons. The molecule has 5 nitrogen and oxygen atoms in total. The Hall–Kier alpha value is -1.11. The SMILES string of the molecule is O=C(NC[C@@H]1CCCO1)NC[C@H](c1cccs1)N1CCCC1. The molecule has 3 rings (SSSR count). The number of nitrogens with zero attached hydrogens (tertiary/aromatic N) is 1. The van der Waals surface area contributed by atoms with Crippen LogP contribution in [0.3, 0.4) is 0 Å². The monoisotopic (exact) mass is 323 g/mol. The lowest BCUT2D eigenvalue weighted by Gasteiger charge is -2.27. The molecule has 0 unspecified atom stereocenters. The van der Waals surface area contributed by atoms with Crippen molar-refractivity contribution in [3.63, 3.8) is 0 Å². The number of ether oxygens (including phenoxy) is 1. The van der Waals surface area contributed by atoms with Crippen LogP contribution in [0.2, 0.25) is 0 Å². The number of urea groups is 1. The maximum atomic E-state index is 12.0. The van der Waals surface area contributed by atoms with Crippen molar-refractivity contribution in [2.24, 2.45) is 0 Å². The molecule has 2 saturated heterocycles. The van der Waals surface area contributed by atoms with Gasteiger partial charge in [0.05, 0.1) is 12.1 Å². The van der Waals surface area contributed by atoms with Crippen LogP contribution < -0.4 is 10.6 Å². The highest BCUT2D eigenvalue weighted by Gasteiger charge is 2.24. The van der Waals surface area contributed by atoms with E-state index in [0.29, 0.717) is 19.1 Å². The van der Waals surface area contributed by atoms with E-state index in [-0.39, 0.29) is 12.1 Å². The number of carbonyl (C=O) groups is 1. The zero-order valence-electron chi connectivity index (χ0n) is 12.9. The van der Waals surface area contributed by atoms with E-state index in [1.807, 2.05) is 0 Å². The van der Waals surface area contributed by atoms with E-state index in [2.05, 4.69) is 33.0 Å². The summed E-state index contributed by atoms with van der Waals surface area (Å²) in [6.45, 7) is 4.35. The van der Waals surface area contributed by atoms with Crippen molar-refractivity contribution in [1.29, 1.82) is 0 Å². The highest BCUT2D eigenvalue weighted by molar-refractivity contribution is 7.10. The van der Waals surface area contributed by atoms with Crippen LogP contribution in [0.25, 0.3) is 0 Å². The summed E-state index contributed by atoms with van der Waals surface area (Å²) in [4.78, 5) is 15.8. The molecule has 3 heterocycles. The fraction of sp³-hybridized carbons (Fsp3) is 0.688. The minimum atomic E-state index is -0.0868. The third-order valence-electron chi connectivity index (χ3n) is 4.42. The average molecular weight is 323 g/mol. The summed E-state index contributed by atoms with van der Waals surface area (Å²) >= 11 is 1.77. The van der Waals surface area contributed by atoms with Gasteiger partial charge in [0.2, 0.25) is 0 Å². The Morgan fingerprint density at radius 3 is 2.91 bits per heavy atom. The van der Waals surface area contributed by atoms with Crippen LogP contribution in [0, 0.1) is 0 Å². The van der Waals surface area contributed by atoms with Gasteiger partial charge in [-0.1, -0.05) is 6.07 Å². The maximum Gasteiger partial charge on any atom is 0.314 e. The molecule has 6 heteroatoms. The number of rotatable bonds is 6. The van der Waals surface area contributed by atoms with Gasteiger partial charge in [-0.15, -0.1) is 11.3 Å². The van der Waals surface area contributed by atoms with Crippen molar-refractivity contribution in [2.75, 3.05) is 32.8 Å². The second-order valence-electron chi connectivity index (χ2n) is 6.00. The summed E-state index contributed by atoms with van der Waals surface area (Å²) in [5.74, 6) is 0. The molecule has 0 aromatic carbocycles. The number of hydrogen-bond donors (Lipinski definition) is 2. The van der Waals surface area contributed by atoms with Crippen molar-refractivity contribution < 1.29 is 9.53 Å². The normalized spacial score (nSPS) is 23.5. The van der Waals surface area contributed by atoms with E-state index in [1.54, 1.807) is 11.3 Å². The Morgan fingerprint density at radius 1 is 1.36 bits per heavy atom. The molecule has 2 atom stereocenters. The molecule has 0 spiro atoms. The van der Waals surface area contributed by atoms with E-state index in [0.717, 1.165) is 32.5 Å². The number of hydrogen-bond acceptors (Lipinski definition) is 4. The van der Waals surface area contributed by atoms with Crippen molar-refractivity contribution in [1.82, 2.24) is 15.5 Å². The number of likely N-dealkylation sites (tertiary alicyclic amines) is 1. The van der Waals surface area contributed by atoms with Crippen LogP contribution in [-0.2, 0) is 4.74 Å². The van der Waals surface area contributed by atoms with Crippen molar-refractivity contribution >= 4 is 17.4 Å². The molecule has 2 aliphatic heterocycles. The molecule has 2 aliphatic rings. The first kappa shape index (κ1) is 15.8. The van der Waals surface area contributed by atoms with Gasteiger partial charge < -0.3 is 15.4 Å². The van der Waals surface area contributed by atoms with Crippen LogP contribution in [0.1, 0.15) is 36.6 Å². The minimum absolute atomic E-state index is 0.0868. The van der Waals surface area contributed by atoms with Gasteiger partial charge in [-0.25, -0.2) is 4.79 Å². The lowest BCUT2D eigenvalue weighted by atomic mass is 10.2. The zero-order chi connectivity index (χ0) is 15.2. The molecule has 1 aromatic rings. The first-order valence-corrected chi connectivity index (χ1v) is 9.11. The third kappa shape index (κ3) is 4.21. The Kier molecular flexibility index (Phi) is 5.70. The van der Waals surface area contributed by atoms with Gasteiger partial charge in [-0.2, -0.15) is 0 Å². The largest absolute Gasteiger partial charge is 0.376 e.